The first-order chi connectivity index (χ1) is 10.6. The molecule has 116 valence electrons. The van der Waals surface area contributed by atoms with Gasteiger partial charge in [0.05, 0.1) is 13.0 Å². The quantitative estimate of drug-likeness (QED) is 0.841. The molecule has 2 atom stereocenters. The second-order valence-corrected chi connectivity index (χ2v) is 5.59. The van der Waals surface area contributed by atoms with Crippen LogP contribution in [0.15, 0.2) is 35.4 Å². The molecule has 1 aromatic rings. The van der Waals surface area contributed by atoms with Crippen LogP contribution >= 0.6 is 0 Å². The number of esters is 1. The predicted octanol–water partition coefficient (Wildman–Crippen LogP) is 1.55. The van der Waals surface area contributed by atoms with E-state index in [9.17, 15) is 14.7 Å². The standard InChI is InChI=1S/C16H18N2O4/c1-22-15(20)16(21)12-9-5-6-10-13(12)17-18(16)14(19)11-7-3-2-4-8-11/h2-4,7-8,12,21H,5-6,9-10H2,1H3. The fraction of sp³-hybridized carbons (Fsp3) is 0.438. The average Bonchev–Trinajstić information content (AvgIpc) is 2.88. The highest BCUT2D eigenvalue weighted by molar-refractivity contribution is 6.04. The first-order valence-electron chi connectivity index (χ1n) is 7.36. The van der Waals surface area contributed by atoms with Crippen LogP contribution in [-0.4, -0.2) is 40.5 Å². The zero-order chi connectivity index (χ0) is 15.7. The molecule has 3 rings (SSSR count). The summed E-state index contributed by atoms with van der Waals surface area (Å²) in [5, 5.41) is 16.1. The summed E-state index contributed by atoms with van der Waals surface area (Å²) < 4.78 is 4.75. The number of carbonyl (C=O) groups is 2. The number of nitrogens with zero attached hydrogens (tertiary/aromatic N) is 2. The number of hydrazone groups is 1. The highest BCUT2D eigenvalue weighted by Gasteiger charge is 2.59. The van der Waals surface area contributed by atoms with Crippen molar-refractivity contribution in [3.05, 3.63) is 35.9 Å². The lowest BCUT2D eigenvalue weighted by molar-refractivity contribution is -0.184. The van der Waals surface area contributed by atoms with Crippen LogP contribution in [0.1, 0.15) is 36.0 Å². The Morgan fingerprint density at radius 3 is 2.73 bits per heavy atom. The van der Waals surface area contributed by atoms with Gasteiger partial charge in [-0.1, -0.05) is 24.6 Å². The number of hydrogen-bond donors (Lipinski definition) is 1. The smallest absolute Gasteiger partial charge is 0.362 e. The van der Waals surface area contributed by atoms with Gasteiger partial charge in [-0.25, -0.2) is 4.79 Å². The zero-order valence-electron chi connectivity index (χ0n) is 12.4. The average molecular weight is 302 g/mol. The molecule has 1 aliphatic heterocycles. The number of amides is 1. The molecule has 0 bridgehead atoms. The number of benzene rings is 1. The minimum Gasteiger partial charge on any atom is -0.465 e. The first kappa shape index (κ1) is 14.7. The number of methoxy groups -OCH3 is 1. The van der Waals surface area contributed by atoms with E-state index in [2.05, 4.69) is 5.10 Å². The van der Waals surface area contributed by atoms with E-state index < -0.39 is 23.5 Å². The molecule has 6 nitrogen and oxygen atoms in total. The SMILES string of the molecule is COC(=O)C1(O)C2CCCCC2=NN1C(=O)c1ccccc1. The summed E-state index contributed by atoms with van der Waals surface area (Å²) in [7, 11) is 1.20. The summed E-state index contributed by atoms with van der Waals surface area (Å²) in [5.74, 6) is -1.83. The Morgan fingerprint density at radius 2 is 2.05 bits per heavy atom. The van der Waals surface area contributed by atoms with Gasteiger partial charge in [0.15, 0.2) is 0 Å². The Morgan fingerprint density at radius 1 is 1.32 bits per heavy atom. The van der Waals surface area contributed by atoms with Gasteiger partial charge in [0.25, 0.3) is 11.6 Å². The van der Waals surface area contributed by atoms with Crippen molar-refractivity contribution in [2.75, 3.05) is 7.11 Å². The summed E-state index contributed by atoms with van der Waals surface area (Å²) in [6.45, 7) is 0. The third kappa shape index (κ3) is 2.11. The van der Waals surface area contributed by atoms with E-state index in [0.717, 1.165) is 17.9 Å². The van der Waals surface area contributed by atoms with Crippen LogP contribution in [0.5, 0.6) is 0 Å². The molecule has 1 saturated carbocycles. The summed E-state index contributed by atoms with van der Waals surface area (Å²) in [6, 6.07) is 8.49. The normalized spacial score (nSPS) is 27.1. The number of fused-ring (bicyclic) bond motifs is 1. The highest BCUT2D eigenvalue weighted by atomic mass is 16.5. The van der Waals surface area contributed by atoms with Crippen molar-refractivity contribution >= 4 is 17.6 Å². The molecule has 1 aromatic carbocycles. The number of ether oxygens (including phenoxy) is 1. The molecule has 2 aliphatic rings. The molecule has 2 unspecified atom stereocenters. The van der Waals surface area contributed by atoms with Crippen molar-refractivity contribution in [3.8, 4) is 0 Å². The lowest BCUT2D eigenvalue weighted by atomic mass is 9.80. The minimum absolute atomic E-state index is 0.368. The Bertz CT molecular complexity index is 628. The van der Waals surface area contributed by atoms with Crippen LogP contribution in [0.2, 0.25) is 0 Å². The van der Waals surface area contributed by atoms with Gasteiger partial charge in [-0.05, 0) is 31.4 Å². The number of aliphatic hydroxyl groups is 1. The summed E-state index contributed by atoms with van der Waals surface area (Å²) in [6.07, 6.45) is 3.13. The summed E-state index contributed by atoms with van der Waals surface area (Å²) in [4.78, 5) is 24.9. The fourth-order valence-electron chi connectivity index (χ4n) is 3.18. The largest absolute Gasteiger partial charge is 0.465 e. The zero-order valence-corrected chi connectivity index (χ0v) is 12.4. The Kier molecular flexibility index (Phi) is 3.70. The van der Waals surface area contributed by atoms with Crippen molar-refractivity contribution in [3.63, 3.8) is 0 Å². The van der Waals surface area contributed by atoms with E-state index in [-0.39, 0.29) is 0 Å². The third-order valence-electron chi connectivity index (χ3n) is 4.31. The van der Waals surface area contributed by atoms with E-state index in [1.54, 1.807) is 30.3 Å². The molecule has 1 fully saturated rings. The van der Waals surface area contributed by atoms with Crippen LogP contribution in [-0.2, 0) is 9.53 Å². The molecule has 22 heavy (non-hydrogen) atoms. The highest BCUT2D eigenvalue weighted by Crippen LogP contribution is 2.40. The fourth-order valence-corrected chi connectivity index (χ4v) is 3.18. The van der Waals surface area contributed by atoms with Gasteiger partial charge in [0.1, 0.15) is 0 Å². The molecule has 1 N–H and O–H groups in total. The van der Waals surface area contributed by atoms with Crippen LogP contribution in [0, 0.1) is 5.92 Å². The van der Waals surface area contributed by atoms with Crippen LogP contribution in [0.25, 0.3) is 0 Å². The molecule has 6 heteroatoms. The number of carbonyl (C=O) groups excluding carboxylic acids is 2. The maximum Gasteiger partial charge on any atom is 0.362 e. The van der Waals surface area contributed by atoms with Crippen molar-refractivity contribution in [1.82, 2.24) is 5.01 Å². The molecule has 1 aliphatic carbocycles. The topological polar surface area (TPSA) is 79.2 Å². The Balaban J connectivity index is 2.02. The minimum atomic E-state index is -2.04. The van der Waals surface area contributed by atoms with Gasteiger partial charge in [-0.3, -0.25) is 4.79 Å². The summed E-state index contributed by atoms with van der Waals surface area (Å²) >= 11 is 0. The van der Waals surface area contributed by atoms with E-state index in [4.69, 9.17) is 4.74 Å². The van der Waals surface area contributed by atoms with Gasteiger partial charge < -0.3 is 9.84 Å². The van der Waals surface area contributed by atoms with Crippen molar-refractivity contribution in [1.29, 1.82) is 0 Å². The van der Waals surface area contributed by atoms with E-state index in [0.29, 0.717) is 24.1 Å². The molecular weight excluding hydrogens is 284 g/mol. The van der Waals surface area contributed by atoms with Gasteiger partial charge in [0, 0.05) is 11.3 Å². The molecule has 0 saturated heterocycles. The summed E-state index contributed by atoms with van der Waals surface area (Å²) in [5.41, 5.74) is -0.978. The first-order valence-corrected chi connectivity index (χ1v) is 7.36. The second-order valence-electron chi connectivity index (χ2n) is 5.59. The maximum atomic E-state index is 12.7. The molecule has 1 amide bonds. The van der Waals surface area contributed by atoms with Gasteiger partial charge in [-0.15, -0.1) is 0 Å². The van der Waals surface area contributed by atoms with Crippen molar-refractivity contribution < 1.29 is 19.4 Å². The lowest BCUT2D eigenvalue weighted by Gasteiger charge is -2.34. The monoisotopic (exact) mass is 302 g/mol. The van der Waals surface area contributed by atoms with E-state index in [1.165, 1.54) is 7.11 Å². The Labute approximate surface area is 128 Å². The third-order valence-corrected chi connectivity index (χ3v) is 4.31. The molecular formula is C16H18N2O4. The molecule has 0 aromatic heterocycles. The lowest BCUT2D eigenvalue weighted by Crippen LogP contribution is -2.57. The predicted molar refractivity (Wildman–Crippen MR) is 79.0 cm³/mol. The van der Waals surface area contributed by atoms with Crippen LogP contribution < -0.4 is 0 Å². The number of hydrogen-bond acceptors (Lipinski definition) is 5. The maximum absolute atomic E-state index is 12.7. The van der Waals surface area contributed by atoms with Gasteiger partial charge in [-0.2, -0.15) is 10.1 Å². The molecule has 0 spiro atoms. The Hall–Kier alpha value is -2.21. The second kappa shape index (κ2) is 5.53. The van der Waals surface area contributed by atoms with E-state index in [1.807, 2.05) is 0 Å². The van der Waals surface area contributed by atoms with Crippen molar-refractivity contribution in [2.24, 2.45) is 11.0 Å². The molecule has 1 heterocycles. The van der Waals surface area contributed by atoms with Crippen LogP contribution in [0.4, 0.5) is 0 Å². The van der Waals surface area contributed by atoms with Gasteiger partial charge >= 0.3 is 5.97 Å². The van der Waals surface area contributed by atoms with Gasteiger partial charge in [0.2, 0.25) is 0 Å². The van der Waals surface area contributed by atoms with Crippen molar-refractivity contribution in [2.45, 2.75) is 31.4 Å². The van der Waals surface area contributed by atoms with E-state index >= 15 is 0 Å². The molecule has 0 radical (unpaired) electrons. The van der Waals surface area contributed by atoms with Crippen LogP contribution in [0.3, 0.4) is 0 Å². The number of rotatable bonds is 2.